The van der Waals surface area contributed by atoms with Crippen LogP contribution in [0.1, 0.15) is 44.9 Å². The number of likely N-dealkylation sites (N-methyl/N-ethyl adjacent to an activating group) is 1. The van der Waals surface area contributed by atoms with E-state index in [4.69, 9.17) is 42.1 Å². The van der Waals surface area contributed by atoms with Crippen molar-refractivity contribution in [3.05, 3.63) is 28.2 Å². The number of ether oxygens (including phenoxy) is 1. The fourth-order valence-corrected chi connectivity index (χ4v) is 4.22. The number of carboxylic acid groups (broad SMARTS) is 1. The lowest BCUT2D eigenvalue weighted by Gasteiger charge is -2.42. The molecule has 2 N–H and O–H groups in total. The number of hydrogen-bond acceptors (Lipinski definition) is 6. The van der Waals surface area contributed by atoms with Crippen LogP contribution in [0.3, 0.4) is 0 Å². The Balaban J connectivity index is 2.22. The van der Waals surface area contributed by atoms with E-state index in [1.54, 1.807) is 39.3 Å². The number of aliphatic carboxylic acids is 1. The number of quaternary nitrogens is 1. The number of nitrogens with zero attached hydrogens (tertiary/aromatic N) is 1. The van der Waals surface area contributed by atoms with Crippen molar-refractivity contribution in [2.75, 3.05) is 34.4 Å². The van der Waals surface area contributed by atoms with Crippen molar-refractivity contribution >= 4 is 37.0 Å². The van der Waals surface area contributed by atoms with Crippen molar-refractivity contribution in [1.29, 1.82) is 0 Å². The van der Waals surface area contributed by atoms with Crippen molar-refractivity contribution in [2.45, 2.75) is 57.3 Å². The number of unbranched alkanes of at least 4 members (excludes halogenated alkanes) is 5. The van der Waals surface area contributed by atoms with E-state index in [1.807, 2.05) is 0 Å². The van der Waals surface area contributed by atoms with Crippen LogP contribution >= 0.6 is 31.0 Å². The zero-order valence-corrected chi connectivity index (χ0v) is 21.7. The second-order valence-corrected chi connectivity index (χ2v) is 10.8. The Labute approximate surface area is 205 Å². The maximum atomic E-state index is 12.4. The van der Waals surface area contributed by atoms with Gasteiger partial charge in [-0.3, -0.25) is 13.8 Å². The summed E-state index contributed by atoms with van der Waals surface area (Å²) < 4.78 is 27.4. The van der Waals surface area contributed by atoms with Gasteiger partial charge in [0, 0.05) is 6.23 Å². The average Bonchev–Trinajstić information content (AvgIpc) is 2.70. The fraction of sp³-hybridized carbons (Fsp3) is 0.667. The molecule has 0 spiro atoms. The van der Waals surface area contributed by atoms with Gasteiger partial charge in [0.15, 0.2) is 0 Å². The summed E-state index contributed by atoms with van der Waals surface area (Å²) in [4.78, 5) is 20.9. The number of halogens is 2. The van der Waals surface area contributed by atoms with Gasteiger partial charge in [-0.15, -0.1) is 0 Å². The van der Waals surface area contributed by atoms with Gasteiger partial charge < -0.3 is 24.3 Å². The molecule has 2 unspecified atom stereocenters. The van der Waals surface area contributed by atoms with Gasteiger partial charge in [-0.05, 0) is 25.0 Å². The van der Waals surface area contributed by atoms with E-state index in [-0.39, 0.29) is 11.1 Å². The number of benzene rings is 1. The summed E-state index contributed by atoms with van der Waals surface area (Å²) in [6, 6.07) is 5.24. The van der Waals surface area contributed by atoms with E-state index in [0.717, 1.165) is 32.1 Å². The van der Waals surface area contributed by atoms with Crippen LogP contribution in [0.2, 0.25) is 10.0 Å². The van der Waals surface area contributed by atoms with Gasteiger partial charge in [-0.1, -0.05) is 55.0 Å². The Hall–Kier alpha value is -0.900. The van der Waals surface area contributed by atoms with E-state index in [2.05, 4.69) is 0 Å². The average molecular weight is 530 g/mol. The molecule has 0 radical (unpaired) electrons. The Kier molecular flexibility index (Phi) is 13.2. The first-order valence-corrected chi connectivity index (χ1v) is 13.0. The highest BCUT2D eigenvalue weighted by Gasteiger charge is 2.34. The third-order valence-corrected chi connectivity index (χ3v) is 6.54. The van der Waals surface area contributed by atoms with Crippen molar-refractivity contribution < 1.29 is 42.7 Å². The summed E-state index contributed by atoms with van der Waals surface area (Å²) in [6.45, 7) is 0.498. The van der Waals surface area contributed by atoms with Crippen LogP contribution in [0, 0.1) is 0 Å². The molecule has 1 rings (SSSR count). The van der Waals surface area contributed by atoms with Gasteiger partial charge in [-0.25, -0.2) is 4.57 Å². The normalized spacial score (nSPS) is 15.6. The molecule has 1 aromatic rings. The van der Waals surface area contributed by atoms with Gasteiger partial charge in [0.1, 0.15) is 16.9 Å². The quantitative estimate of drug-likeness (QED) is 0.134. The molecule has 3 atom stereocenters. The van der Waals surface area contributed by atoms with Crippen molar-refractivity contribution in [1.82, 2.24) is 0 Å². The second kappa shape index (κ2) is 14.5. The summed E-state index contributed by atoms with van der Waals surface area (Å²) in [5, 5.41) is 22.2. The molecule has 190 valence electrons. The maximum absolute atomic E-state index is 12.4. The van der Waals surface area contributed by atoms with Gasteiger partial charge in [-0.2, -0.15) is 0 Å². The van der Waals surface area contributed by atoms with Crippen molar-refractivity contribution in [3.8, 4) is 5.75 Å². The van der Waals surface area contributed by atoms with Gasteiger partial charge in [0.2, 0.25) is 0 Å². The summed E-state index contributed by atoms with van der Waals surface area (Å²) in [5.41, 5.74) is 0. The van der Waals surface area contributed by atoms with Crippen LogP contribution in [0.15, 0.2) is 18.2 Å². The molecule has 9 nitrogen and oxygen atoms in total. The standard InChI is InChI=1S/C21H34Cl2NO8P/c1-24(2,3)21(27)18(15-19(25)26)32-33(28,29)31-14-9-7-5-4-6-8-13-30-17-12-10-11-16(22)20(17)23/h10-12,18,21H,4-9,13-15H2,1-3H3,(H,25,26)(H,28,29)/t18-,21?/m1/s1. The van der Waals surface area contributed by atoms with Crippen LogP contribution in [0.4, 0.5) is 0 Å². The zero-order chi connectivity index (χ0) is 25.1. The first-order valence-electron chi connectivity index (χ1n) is 10.7. The number of carboxylic acids is 1. The Morgan fingerprint density at radius 1 is 1.09 bits per heavy atom. The zero-order valence-electron chi connectivity index (χ0n) is 19.2. The summed E-state index contributed by atoms with van der Waals surface area (Å²) in [5.74, 6) is -0.734. The summed E-state index contributed by atoms with van der Waals surface area (Å²) in [6.07, 6.45) is 1.23. The highest BCUT2D eigenvalue weighted by atomic mass is 35.5. The van der Waals surface area contributed by atoms with Crippen LogP contribution in [0.25, 0.3) is 0 Å². The predicted octanol–water partition coefficient (Wildman–Crippen LogP) is 4.08. The van der Waals surface area contributed by atoms with Gasteiger partial charge in [0.25, 0.3) is 0 Å². The van der Waals surface area contributed by atoms with Crippen molar-refractivity contribution in [3.63, 3.8) is 0 Å². The first kappa shape index (κ1) is 30.1. The lowest BCUT2D eigenvalue weighted by molar-refractivity contribution is -0.973. The van der Waals surface area contributed by atoms with E-state index in [0.29, 0.717) is 28.8 Å². The summed E-state index contributed by atoms with van der Waals surface area (Å²) >= 11 is 12.0. The number of phosphoric acid groups is 1. The van der Waals surface area contributed by atoms with Crippen molar-refractivity contribution in [2.24, 2.45) is 0 Å². The molecule has 0 aromatic heterocycles. The minimum atomic E-state index is -4.55. The third kappa shape index (κ3) is 12.4. The van der Waals surface area contributed by atoms with Crippen LogP contribution in [-0.2, 0) is 18.4 Å². The maximum Gasteiger partial charge on any atom is 0.472 e. The predicted molar refractivity (Wildman–Crippen MR) is 124 cm³/mol. The Morgan fingerprint density at radius 3 is 2.24 bits per heavy atom. The Bertz CT molecular complexity index is 790. The van der Waals surface area contributed by atoms with E-state index in [9.17, 15) is 19.4 Å². The molecule has 0 fully saturated rings. The topological polar surface area (TPSA) is 125 Å². The molecule has 12 heteroatoms. The molecule has 0 heterocycles. The second-order valence-electron chi connectivity index (χ2n) is 8.57. The van der Waals surface area contributed by atoms with E-state index in [1.165, 1.54) is 0 Å². The van der Waals surface area contributed by atoms with E-state index < -0.39 is 32.5 Å². The highest BCUT2D eigenvalue weighted by molar-refractivity contribution is 7.47. The largest absolute Gasteiger partial charge is 0.804 e. The molecule has 0 bridgehead atoms. The number of rotatable bonds is 17. The van der Waals surface area contributed by atoms with Crippen LogP contribution in [0.5, 0.6) is 5.75 Å². The molecule has 0 aliphatic carbocycles. The molecular weight excluding hydrogens is 496 g/mol. The molecular formula is C21H34Cl2NO8P. The number of phosphoric ester groups is 1. The third-order valence-electron chi connectivity index (χ3n) is 4.69. The van der Waals surface area contributed by atoms with Crippen LogP contribution in [-0.4, -0.2) is 67.1 Å². The lowest BCUT2D eigenvalue weighted by Crippen LogP contribution is -2.60. The fourth-order valence-electron chi connectivity index (χ4n) is 2.93. The number of carbonyl (C=O) groups is 1. The molecule has 0 aliphatic heterocycles. The molecule has 0 saturated carbocycles. The molecule has 33 heavy (non-hydrogen) atoms. The van der Waals surface area contributed by atoms with Gasteiger partial charge >= 0.3 is 13.8 Å². The van der Waals surface area contributed by atoms with E-state index >= 15 is 0 Å². The van der Waals surface area contributed by atoms with Crippen LogP contribution < -0.4 is 9.84 Å². The Morgan fingerprint density at radius 2 is 1.67 bits per heavy atom. The first-order chi connectivity index (χ1) is 15.3. The lowest BCUT2D eigenvalue weighted by atomic mass is 10.1. The molecule has 0 aliphatic rings. The highest BCUT2D eigenvalue weighted by Crippen LogP contribution is 2.46. The minimum Gasteiger partial charge on any atom is -0.804 e. The van der Waals surface area contributed by atoms with Gasteiger partial charge in [0.05, 0.1) is 45.8 Å². The molecule has 0 amide bonds. The smallest absolute Gasteiger partial charge is 0.472 e. The molecule has 1 aromatic carbocycles. The molecule has 0 saturated heterocycles. The summed E-state index contributed by atoms with van der Waals surface area (Å²) in [7, 11) is 0.114. The SMILES string of the molecule is C[N+](C)(C)C([O-])[C@@H](CC(=O)O)OP(=O)(O)OCCCCCCCCOc1cccc(Cl)c1Cl. The minimum absolute atomic E-state index is 0.0299. The number of hydrogen-bond donors (Lipinski definition) is 2. The monoisotopic (exact) mass is 529 g/mol.